The Labute approximate surface area is 149 Å². The number of aromatic nitrogens is 1. The molecule has 3 N–H and O–H groups in total. The third kappa shape index (κ3) is 5.01. The molecule has 0 radical (unpaired) electrons. The molecule has 0 aliphatic rings. The van der Waals surface area contributed by atoms with E-state index in [1.165, 1.54) is 12.3 Å². The lowest BCUT2D eigenvalue weighted by Crippen LogP contribution is -2.30. The lowest BCUT2D eigenvalue weighted by atomic mass is 10.2. The number of pyridine rings is 1. The number of nitrogens with zero attached hydrogens (tertiary/aromatic N) is 1. The highest BCUT2D eigenvalue weighted by atomic mass is 19.1. The molecular weight excluding hydrogens is 342 g/mol. The van der Waals surface area contributed by atoms with Gasteiger partial charge in [-0.25, -0.2) is 13.8 Å². The fraction of sp³-hybridized carbons (Fsp3) is 0.167. The monoisotopic (exact) mass is 358 g/mol. The third-order valence-electron chi connectivity index (χ3n) is 3.28. The minimum Gasteiger partial charge on any atom is -0.368 e. The summed E-state index contributed by atoms with van der Waals surface area (Å²) in [4.78, 5) is 27.5. The van der Waals surface area contributed by atoms with Crippen molar-refractivity contribution in [3.05, 3.63) is 59.3 Å². The number of hydrogen-bond donors (Lipinski definition) is 3. The number of hydrogen-bond acceptors (Lipinski definition) is 4. The summed E-state index contributed by atoms with van der Waals surface area (Å²) >= 11 is 0. The van der Waals surface area contributed by atoms with E-state index in [2.05, 4.69) is 26.9 Å². The molecule has 0 fully saturated rings. The number of terminal acetylenes is 1. The molecule has 0 saturated heterocycles. The first-order valence-corrected chi connectivity index (χ1v) is 7.66. The summed E-state index contributed by atoms with van der Waals surface area (Å²) in [5, 5.41) is 7.84. The number of carbonyl (C=O) groups is 2. The number of anilines is 1. The van der Waals surface area contributed by atoms with E-state index < -0.39 is 23.1 Å². The highest BCUT2D eigenvalue weighted by Crippen LogP contribution is 2.11. The summed E-state index contributed by atoms with van der Waals surface area (Å²) in [5.41, 5.74) is -0.262. The van der Waals surface area contributed by atoms with Crippen molar-refractivity contribution in [1.29, 1.82) is 0 Å². The average molecular weight is 358 g/mol. The number of rotatable bonds is 7. The van der Waals surface area contributed by atoms with E-state index in [1.807, 2.05) is 0 Å². The lowest BCUT2D eigenvalue weighted by molar-refractivity contribution is 0.0942. The Morgan fingerprint density at radius 2 is 1.77 bits per heavy atom. The third-order valence-corrected chi connectivity index (χ3v) is 3.28. The van der Waals surface area contributed by atoms with E-state index in [0.717, 1.165) is 12.1 Å². The van der Waals surface area contributed by atoms with E-state index in [4.69, 9.17) is 6.42 Å². The molecule has 1 aromatic carbocycles. The van der Waals surface area contributed by atoms with Gasteiger partial charge in [0.05, 0.1) is 12.1 Å². The van der Waals surface area contributed by atoms with Crippen LogP contribution in [-0.2, 0) is 0 Å². The van der Waals surface area contributed by atoms with Crippen LogP contribution in [-0.4, -0.2) is 36.4 Å². The highest BCUT2D eigenvalue weighted by molar-refractivity contribution is 5.95. The van der Waals surface area contributed by atoms with E-state index in [1.54, 1.807) is 12.1 Å². The van der Waals surface area contributed by atoms with Gasteiger partial charge in [0.15, 0.2) is 0 Å². The van der Waals surface area contributed by atoms with Gasteiger partial charge in [0.25, 0.3) is 11.8 Å². The first-order chi connectivity index (χ1) is 12.5. The second-order valence-electron chi connectivity index (χ2n) is 5.10. The molecule has 0 aliphatic heterocycles. The minimum atomic E-state index is -0.921. The quantitative estimate of drug-likeness (QED) is 0.518. The van der Waals surface area contributed by atoms with Gasteiger partial charge in [-0.15, -0.1) is 6.42 Å². The van der Waals surface area contributed by atoms with E-state index >= 15 is 0 Å². The molecule has 0 spiro atoms. The first kappa shape index (κ1) is 18.9. The Kier molecular flexibility index (Phi) is 6.62. The fourth-order valence-electron chi connectivity index (χ4n) is 2.04. The van der Waals surface area contributed by atoms with Crippen molar-refractivity contribution in [3.8, 4) is 12.3 Å². The zero-order valence-corrected chi connectivity index (χ0v) is 13.7. The summed E-state index contributed by atoms with van der Waals surface area (Å²) in [5.74, 6) is -0.238. The number of halogens is 2. The molecule has 2 rings (SSSR count). The van der Waals surface area contributed by atoms with Crippen molar-refractivity contribution in [2.24, 2.45) is 0 Å². The molecule has 6 nitrogen and oxygen atoms in total. The predicted octanol–water partition coefficient (Wildman–Crippen LogP) is 1.56. The minimum absolute atomic E-state index is 0.124. The van der Waals surface area contributed by atoms with Crippen LogP contribution in [0.15, 0.2) is 36.5 Å². The van der Waals surface area contributed by atoms with Crippen LogP contribution in [0.1, 0.15) is 20.7 Å². The summed E-state index contributed by atoms with van der Waals surface area (Å²) in [6.45, 7) is 0.525. The zero-order chi connectivity index (χ0) is 18.9. The van der Waals surface area contributed by atoms with Crippen LogP contribution in [0.4, 0.5) is 14.6 Å². The Balaban J connectivity index is 1.80. The molecule has 1 heterocycles. The Morgan fingerprint density at radius 3 is 2.38 bits per heavy atom. The molecule has 0 bridgehead atoms. The Hall–Kier alpha value is -3.47. The maximum Gasteiger partial charge on any atom is 0.257 e. The summed E-state index contributed by atoms with van der Waals surface area (Å²) in [7, 11) is 0. The van der Waals surface area contributed by atoms with Gasteiger partial charge in [0.1, 0.15) is 23.0 Å². The number of amides is 2. The topological polar surface area (TPSA) is 83.1 Å². The SMILES string of the molecule is C#CCNC(=O)c1ccc(NCCNC(=O)c2c(F)cccc2F)nc1. The smallest absolute Gasteiger partial charge is 0.257 e. The molecule has 0 aliphatic carbocycles. The van der Waals surface area contributed by atoms with Crippen LogP contribution >= 0.6 is 0 Å². The van der Waals surface area contributed by atoms with Gasteiger partial charge in [-0.2, -0.15) is 0 Å². The fourth-order valence-corrected chi connectivity index (χ4v) is 2.04. The summed E-state index contributed by atoms with van der Waals surface area (Å²) in [6, 6.07) is 6.37. The van der Waals surface area contributed by atoms with E-state index in [9.17, 15) is 18.4 Å². The number of carbonyl (C=O) groups excluding carboxylic acids is 2. The van der Waals surface area contributed by atoms with Gasteiger partial charge >= 0.3 is 0 Å². The van der Waals surface area contributed by atoms with Crippen LogP contribution < -0.4 is 16.0 Å². The van der Waals surface area contributed by atoms with Crippen LogP contribution in [0, 0.1) is 24.0 Å². The standard InChI is InChI=1S/C18H16F2N4O2/c1-2-8-22-17(25)12-6-7-15(24-11-12)21-9-10-23-18(26)16-13(19)4-3-5-14(16)20/h1,3-7,11H,8-10H2,(H,21,24)(H,22,25)(H,23,26). The molecule has 0 saturated carbocycles. The van der Waals surface area contributed by atoms with Crippen molar-refractivity contribution >= 4 is 17.6 Å². The van der Waals surface area contributed by atoms with E-state index in [0.29, 0.717) is 11.4 Å². The largest absolute Gasteiger partial charge is 0.368 e. The van der Waals surface area contributed by atoms with Gasteiger partial charge in [-0.05, 0) is 24.3 Å². The molecule has 0 atom stereocenters. The predicted molar refractivity (Wildman–Crippen MR) is 92.6 cm³/mol. The van der Waals surface area contributed by atoms with Crippen molar-refractivity contribution < 1.29 is 18.4 Å². The van der Waals surface area contributed by atoms with Crippen LogP contribution in [0.3, 0.4) is 0 Å². The number of nitrogens with one attached hydrogen (secondary N) is 3. The molecule has 26 heavy (non-hydrogen) atoms. The Bertz CT molecular complexity index is 812. The normalized spacial score (nSPS) is 9.88. The second-order valence-corrected chi connectivity index (χ2v) is 5.10. The van der Waals surface area contributed by atoms with Crippen LogP contribution in [0.25, 0.3) is 0 Å². The molecular formula is C18H16F2N4O2. The van der Waals surface area contributed by atoms with Crippen molar-refractivity contribution in [3.63, 3.8) is 0 Å². The molecule has 8 heteroatoms. The molecule has 134 valence electrons. The summed E-state index contributed by atoms with van der Waals surface area (Å²) in [6.07, 6.45) is 6.44. The Morgan fingerprint density at radius 1 is 1.04 bits per heavy atom. The molecule has 2 aromatic rings. The van der Waals surface area contributed by atoms with Gasteiger partial charge < -0.3 is 16.0 Å². The molecule has 2 amide bonds. The maximum atomic E-state index is 13.5. The van der Waals surface area contributed by atoms with Gasteiger partial charge in [-0.3, -0.25) is 9.59 Å². The second kappa shape index (κ2) is 9.13. The van der Waals surface area contributed by atoms with Crippen LogP contribution in [0.2, 0.25) is 0 Å². The molecule has 0 unspecified atom stereocenters. The van der Waals surface area contributed by atoms with E-state index in [-0.39, 0.29) is 25.5 Å². The first-order valence-electron chi connectivity index (χ1n) is 7.66. The van der Waals surface area contributed by atoms with Crippen molar-refractivity contribution in [1.82, 2.24) is 15.6 Å². The lowest BCUT2D eigenvalue weighted by Gasteiger charge is -2.09. The highest BCUT2D eigenvalue weighted by Gasteiger charge is 2.16. The number of benzene rings is 1. The van der Waals surface area contributed by atoms with Gasteiger partial charge in [0.2, 0.25) is 0 Å². The van der Waals surface area contributed by atoms with Crippen LogP contribution in [0.5, 0.6) is 0 Å². The maximum absolute atomic E-state index is 13.5. The summed E-state index contributed by atoms with van der Waals surface area (Å²) < 4.78 is 27.0. The van der Waals surface area contributed by atoms with Gasteiger partial charge in [-0.1, -0.05) is 12.0 Å². The van der Waals surface area contributed by atoms with Crippen molar-refractivity contribution in [2.45, 2.75) is 0 Å². The zero-order valence-electron chi connectivity index (χ0n) is 13.7. The average Bonchev–Trinajstić information content (AvgIpc) is 2.63. The molecule has 1 aromatic heterocycles. The van der Waals surface area contributed by atoms with Gasteiger partial charge in [0, 0.05) is 19.3 Å². The van der Waals surface area contributed by atoms with Crippen molar-refractivity contribution in [2.75, 3.05) is 25.0 Å².